The normalized spacial score (nSPS) is 9.79. The van der Waals surface area contributed by atoms with Gasteiger partial charge in [0.1, 0.15) is 6.61 Å². The largest absolute Gasteiger partial charge is 0.483 e. The molecule has 1 aromatic heterocycles. The Bertz CT molecular complexity index is 316. The summed E-state index contributed by atoms with van der Waals surface area (Å²) in [4.78, 5) is 13.7. The maximum atomic E-state index is 10.5. The first-order chi connectivity index (χ1) is 6.75. The Kier molecular flexibility index (Phi) is 3.81. The molecule has 0 fully saturated rings. The summed E-state index contributed by atoms with van der Waals surface area (Å²) in [5.74, 6) is 0.162. The van der Waals surface area contributed by atoms with E-state index in [1.807, 2.05) is 0 Å². The van der Waals surface area contributed by atoms with Gasteiger partial charge < -0.3 is 9.47 Å². The van der Waals surface area contributed by atoms with E-state index in [9.17, 15) is 10.1 Å². The number of rotatable bonds is 5. The van der Waals surface area contributed by atoms with E-state index in [0.717, 1.165) is 0 Å². The monoisotopic (exact) mass is 198 g/mol. The third-order valence-corrected chi connectivity index (χ3v) is 1.50. The Balaban J connectivity index is 2.69. The second kappa shape index (κ2) is 5.13. The van der Waals surface area contributed by atoms with E-state index in [-0.39, 0.29) is 18.0 Å². The summed E-state index contributed by atoms with van der Waals surface area (Å²) in [5.41, 5.74) is -0.0869. The highest BCUT2D eigenvalue weighted by Gasteiger charge is 2.13. The summed E-state index contributed by atoms with van der Waals surface area (Å²) in [6.07, 6.45) is 2.66. The van der Waals surface area contributed by atoms with Crippen molar-refractivity contribution in [1.82, 2.24) is 4.98 Å². The second-order valence-electron chi connectivity index (χ2n) is 2.44. The van der Waals surface area contributed by atoms with Crippen molar-refractivity contribution >= 4 is 5.69 Å². The molecule has 1 heterocycles. The lowest BCUT2D eigenvalue weighted by molar-refractivity contribution is -0.386. The van der Waals surface area contributed by atoms with Crippen molar-refractivity contribution < 1.29 is 14.4 Å². The molecule has 0 unspecified atom stereocenters. The molecule has 0 aromatic carbocycles. The molecular formula is C8H10N2O4. The Morgan fingerprint density at radius 2 is 2.36 bits per heavy atom. The lowest BCUT2D eigenvalue weighted by atomic mass is 10.4. The van der Waals surface area contributed by atoms with E-state index in [1.54, 1.807) is 0 Å². The summed E-state index contributed by atoms with van der Waals surface area (Å²) in [6.45, 7) is 0.648. The molecule has 14 heavy (non-hydrogen) atoms. The van der Waals surface area contributed by atoms with Gasteiger partial charge in [-0.3, -0.25) is 15.1 Å². The van der Waals surface area contributed by atoms with Crippen molar-refractivity contribution in [1.29, 1.82) is 0 Å². The molecule has 0 bridgehead atoms. The summed E-state index contributed by atoms with van der Waals surface area (Å²) < 4.78 is 9.86. The Labute approximate surface area is 80.6 Å². The molecule has 0 aliphatic carbocycles. The van der Waals surface area contributed by atoms with Gasteiger partial charge in [-0.25, -0.2) is 0 Å². The van der Waals surface area contributed by atoms with Crippen LogP contribution in [0.25, 0.3) is 0 Å². The van der Waals surface area contributed by atoms with E-state index in [0.29, 0.717) is 6.61 Å². The summed E-state index contributed by atoms with van der Waals surface area (Å²) >= 11 is 0. The summed E-state index contributed by atoms with van der Waals surface area (Å²) in [5, 5.41) is 10.5. The molecule has 6 nitrogen and oxygen atoms in total. The minimum Gasteiger partial charge on any atom is -0.483 e. The molecule has 0 aliphatic rings. The number of methoxy groups -OCH3 is 1. The molecule has 0 spiro atoms. The average Bonchev–Trinajstić information content (AvgIpc) is 2.19. The zero-order chi connectivity index (χ0) is 10.4. The molecule has 0 N–H and O–H groups in total. The van der Waals surface area contributed by atoms with Crippen LogP contribution >= 0.6 is 0 Å². The molecule has 0 aliphatic heterocycles. The average molecular weight is 198 g/mol. The smallest absolute Gasteiger partial charge is 0.314 e. The van der Waals surface area contributed by atoms with E-state index in [4.69, 9.17) is 9.47 Å². The maximum Gasteiger partial charge on any atom is 0.314 e. The van der Waals surface area contributed by atoms with Gasteiger partial charge in [-0.2, -0.15) is 0 Å². The number of ether oxygens (including phenoxy) is 2. The van der Waals surface area contributed by atoms with Gasteiger partial charge in [0.05, 0.1) is 17.7 Å². The Hall–Kier alpha value is -1.69. The fraction of sp³-hybridized carbons (Fsp3) is 0.375. The number of nitro groups is 1. The number of hydrogen-bond donors (Lipinski definition) is 0. The molecule has 0 saturated heterocycles. The number of hydrogen-bond acceptors (Lipinski definition) is 5. The zero-order valence-electron chi connectivity index (χ0n) is 7.67. The maximum absolute atomic E-state index is 10.5. The topological polar surface area (TPSA) is 74.5 Å². The molecule has 0 amide bonds. The third kappa shape index (κ3) is 2.67. The lowest BCUT2D eigenvalue weighted by Gasteiger charge is -2.04. The van der Waals surface area contributed by atoms with Gasteiger partial charge in [-0.1, -0.05) is 0 Å². The first-order valence-electron chi connectivity index (χ1n) is 3.96. The van der Waals surface area contributed by atoms with Gasteiger partial charge >= 0.3 is 5.69 Å². The van der Waals surface area contributed by atoms with Crippen LogP contribution in [-0.2, 0) is 4.74 Å². The van der Waals surface area contributed by atoms with Gasteiger partial charge in [0.15, 0.2) is 0 Å². The summed E-state index contributed by atoms with van der Waals surface area (Å²) in [6, 6.07) is 1.29. The van der Waals surface area contributed by atoms with Crippen LogP contribution in [0.15, 0.2) is 18.5 Å². The number of nitrogens with zero attached hydrogens (tertiary/aromatic N) is 2. The van der Waals surface area contributed by atoms with Crippen LogP contribution < -0.4 is 4.74 Å². The van der Waals surface area contributed by atoms with E-state index in [1.165, 1.54) is 25.6 Å². The Morgan fingerprint density at radius 3 is 3.00 bits per heavy atom. The molecule has 76 valence electrons. The molecule has 6 heteroatoms. The molecular weight excluding hydrogens is 188 g/mol. The van der Waals surface area contributed by atoms with Gasteiger partial charge in [0.2, 0.25) is 5.75 Å². The van der Waals surface area contributed by atoms with Crippen LogP contribution in [0.1, 0.15) is 0 Å². The first-order valence-corrected chi connectivity index (χ1v) is 3.96. The lowest BCUT2D eigenvalue weighted by Crippen LogP contribution is -2.06. The standard InChI is InChI=1S/C8H10N2O4/c1-13-4-5-14-8-6-9-3-2-7(8)10(11)12/h2-3,6H,4-5H2,1H3. The number of aromatic nitrogens is 1. The highest BCUT2D eigenvalue weighted by Crippen LogP contribution is 2.24. The van der Waals surface area contributed by atoms with Crippen molar-refractivity contribution in [3.8, 4) is 5.75 Å². The minimum absolute atomic E-state index is 0.0869. The van der Waals surface area contributed by atoms with E-state index >= 15 is 0 Å². The van der Waals surface area contributed by atoms with Crippen LogP contribution in [-0.4, -0.2) is 30.2 Å². The fourth-order valence-corrected chi connectivity index (χ4v) is 0.870. The molecule has 0 saturated carbocycles. The molecule has 0 radical (unpaired) electrons. The van der Waals surface area contributed by atoms with Gasteiger partial charge in [0.25, 0.3) is 0 Å². The highest BCUT2D eigenvalue weighted by molar-refractivity contribution is 5.43. The highest BCUT2D eigenvalue weighted by atomic mass is 16.6. The van der Waals surface area contributed by atoms with Gasteiger partial charge in [-0.15, -0.1) is 0 Å². The molecule has 1 rings (SSSR count). The predicted octanol–water partition coefficient (Wildman–Crippen LogP) is 1.02. The second-order valence-corrected chi connectivity index (χ2v) is 2.44. The molecule has 1 aromatic rings. The zero-order valence-corrected chi connectivity index (χ0v) is 7.67. The van der Waals surface area contributed by atoms with Crippen molar-refractivity contribution in [2.45, 2.75) is 0 Å². The fourth-order valence-electron chi connectivity index (χ4n) is 0.870. The molecule has 0 atom stereocenters. The van der Waals surface area contributed by atoms with E-state index < -0.39 is 4.92 Å². The van der Waals surface area contributed by atoms with Crippen molar-refractivity contribution in [2.24, 2.45) is 0 Å². The SMILES string of the molecule is COCCOc1cnccc1[N+](=O)[O-]. The quantitative estimate of drug-likeness (QED) is 0.401. The van der Waals surface area contributed by atoms with Crippen LogP contribution in [0.2, 0.25) is 0 Å². The van der Waals surface area contributed by atoms with Crippen LogP contribution in [0, 0.1) is 10.1 Å². The first kappa shape index (κ1) is 10.4. The predicted molar refractivity (Wildman–Crippen MR) is 48.3 cm³/mol. The Morgan fingerprint density at radius 1 is 1.57 bits per heavy atom. The van der Waals surface area contributed by atoms with Crippen LogP contribution in [0.3, 0.4) is 0 Å². The van der Waals surface area contributed by atoms with E-state index in [2.05, 4.69) is 4.98 Å². The van der Waals surface area contributed by atoms with Crippen molar-refractivity contribution in [2.75, 3.05) is 20.3 Å². The third-order valence-electron chi connectivity index (χ3n) is 1.50. The van der Waals surface area contributed by atoms with Gasteiger partial charge in [0, 0.05) is 19.4 Å². The van der Waals surface area contributed by atoms with Crippen molar-refractivity contribution in [3.63, 3.8) is 0 Å². The minimum atomic E-state index is -0.510. The van der Waals surface area contributed by atoms with Crippen LogP contribution in [0.5, 0.6) is 5.75 Å². The van der Waals surface area contributed by atoms with Crippen molar-refractivity contribution in [3.05, 3.63) is 28.6 Å². The summed E-state index contributed by atoms with van der Waals surface area (Å²) in [7, 11) is 1.53. The number of pyridine rings is 1. The van der Waals surface area contributed by atoms with Gasteiger partial charge in [-0.05, 0) is 0 Å². The van der Waals surface area contributed by atoms with Crippen LogP contribution in [0.4, 0.5) is 5.69 Å².